The summed E-state index contributed by atoms with van der Waals surface area (Å²) in [7, 11) is 0. The normalized spacial score (nSPS) is 11.3. The Labute approximate surface area is 184 Å². The van der Waals surface area contributed by atoms with Crippen LogP contribution in [-0.2, 0) is 11.3 Å². The zero-order chi connectivity index (χ0) is 21.6. The molecular weight excluding hydrogens is 411 g/mol. The van der Waals surface area contributed by atoms with Gasteiger partial charge in [0.25, 0.3) is 5.91 Å². The fourth-order valence-corrected chi connectivity index (χ4v) is 3.93. The van der Waals surface area contributed by atoms with Crippen molar-refractivity contribution in [3.05, 3.63) is 95.3 Å². The van der Waals surface area contributed by atoms with Crippen LogP contribution in [-0.4, -0.2) is 27.4 Å². The average Bonchev–Trinajstić information content (AvgIpc) is 3.11. The number of nitrogens with one attached hydrogen (secondary N) is 1. The topological polar surface area (TPSA) is 59.3 Å². The van der Waals surface area contributed by atoms with Crippen molar-refractivity contribution in [2.75, 3.05) is 5.75 Å². The summed E-state index contributed by atoms with van der Waals surface area (Å²) in [5.74, 6) is -0.442. The number of thioether (sulfide) groups is 1. The average molecular weight is 433 g/mol. The molecule has 0 aliphatic carbocycles. The second-order valence-electron chi connectivity index (χ2n) is 7.09. The van der Waals surface area contributed by atoms with E-state index < -0.39 is 0 Å². The highest BCUT2D eigenvalue weighted by atomic mass is 32.2. The van der Waals surface area contributed by atoms with Crippen LogP contribution >= 0.6 is 11.8 Å². The van der Waals surface area contributed by atoms with Gasteiger partial charge in [0.2, 0.25) is 0 Å². The molecule has 5 nitrogen and oxygen atoms in total. The Kier molecular flexibility index (Phi) is 6.43. The number of imidazole rings is 1. The molecule has 0 bridgehead atoms. The maximum atomic E-state index is 13.2. The largest absolute Gasteiger partial charge is 0.314 e. The fourth-order valence-electron chi connectivity index (χ4n) is 3.12. The Bertz CT molecular complexity index is 1230. The van der Waals surface area contributed by atoms with Gasteiger partial charge in [0.05, 0.1) is 29.5 Å². The first kappa shape index (κ1) is 20.8. The number of aryl methyl sites for hydroxylation is 1. The number of aromatic nitrogens is 2. The van der Waals surface area contributed by atoms with Gasteiger partial charge in [0.1, 0.15) is 5.82 Å². The number of amides is 1. The number of fused-ring (bicyclic) bond motifs is 1. The number of hydrogen-bond acceptors (Lipinski definition) is 4. The summed E-state index contributed by atoms with van der Waals surface area (Å²) < 4.78 is 15.3. The van der Waals surface area contributed by atoms with Gasteiger partial charge in [-0.3, -0.25) is 4.79 Å². The number of carbonyl (C=O) groups excluding carboxylic acids is 1. The molecule has 7 heteroatoms. The number of hydrogen-bond donors (Lipinski definition) is 1. The monoisotopic (exact) mass is 432 g/mol. The lowest BCUT2D eigenvalue weighted by atomic mass is 10.1. The predicted octanol–water partition coefficient (Wildman–Crippen LogP) is 4.77. The number of nitrogens with zero attached hydrogens (tertiary/aromatic N) is 3. The highest BCUT2D eigenvalue weighted by Crippen LogP contribution is 2.25. The smallest absolute Gasteiger partial charge is 0.250 e. The molecular formula is C24H21FN4OS. The van der Waals surface area contributed by atoms with Crippen molar-refractivity contribution >= 4 is 34.9 Å². The Morgan fingerprint density at radius 2 is 1.94 bits per heavy atom. The summed E-state index contributed by atoms with van der Waals surface area (Å²) in [5, 5.41) is 4.67. The molecule has 4 aromatic rings. The Hall–Kier alpha value is -3.45. The number of rotatable bonds is 7. The molecule has 0 saturated carbocycles. The van der Waals surface area contributed by atoms with Crippen LogP contribution < -0.4 is 5.43 Å². The fraction of sp³-hybridized carbons (Fsp3) is 0.125. The Morgan fingerprint density at radius 3 is 2.74 bits per heavy atom. The van der Waals surface area contributed by atoms with E-state index in [-0.39, 0.29) is 17.5 Å². The highest BCUT2D eigenvalue weighted by molar-refractivity contribution is 7.99. The molecule has 0 unspecified atom stereocenters. The molecule has 0 fully saturated rings. The van der Waals surface area contributed by atoms with Gasteiger partial charge in [-0.05, 0) is 42.3 Å². The third-order valence-corrected chi connectivity index (χ3v) is 5.64. The first-order chi connectivity index (χ1) is 15.1. The van der Waals surface area contributed by atoms with Crippen LogP contribution in [0.3, 0.4) is 0 Å². The van der Waals surface area contributed by atoms with E-state index in [4.69, 9.17) is 4.98 Å². The molecule has 1 N–H and O–H groups in total. The minimum Gasteiger partial charge on any atom is -0.314 e. The van der Waals surface area contributed by atoms with E-state index in [9.17, 15) is 9.18 Å². The molecule has 0 radical (unpaired) electrons. The van der Waals surface area contributed by atoms with Gasteiger partial charge in [-0.25, -0.2) is 14.8 Å². The molecule has 1 aromatic heterocycles. The van der Waals surface area contributed by atoms with Gasteiger partial charge >= 0.3 is 0 Å². The molecule has 4 rings (SSSR count). The van der Waals surface area contributed by atoms with E-state index in [1.165, 1.54) is 41.2 Å². The van der Waals surface area contributed by atoms with Crippen LogP contribution in [0.4, 0.5) is 4.39 Å². The predicted molar refractivity (Wildman–Crippen MR) is 123 cm³/mol. The molecule has 3 aromatic carbocycles. The summed E-state index contributed by atoms with van der Waals surface area (Å²) in [5.41, 5.74) is 7.35. The maximum absolute atomic E-state index is 13.2. The lowest BCUT2D eigenvalue weighted by Crippen LogP contribution is -2.20. The number of para-hydroxylation sites is 2. The summed E-state index contributed by atoms with van der Waals surface area (Å²) in [6, 6.07) is 22.3. The minimum absolute atomic E-state index is 0.164. The molecule has 0 atom stereocenters. The second-order valence-corrected chi connectivity index (χ2v) is 8.03. The van der Waals surface area contributed by atoms with Crippen molar-refractivity contribution in [2.24, 2.45) is 5.10 Å². The maximum Gasteiger partial charge on any atom is 0.250 e. The molecule has 1 amide bonds. The molecule has 0 aliphatic heterocycles. The van der Waals surface area contributed by atoms with Crippen LogP contribution in [0.5, 0.6) is 0 Å². The molecule has 1 heterocycles. The Balaban J connectivity index is 1.45. The number of halogens is 1. The van der Waals surface area contributed by atoms with Crippen molar-refractivity contribution in [3.8, 4) is 0 Å². The zero-order valence-electron chi connectivity index (χ0n) is 17.0. The van der Waals surface area contributed by atoms with Gasteiger partial charge in [0.15, 0.2) is 5.16 Å². The van der Waals surface area contributed by atoms with Crippen molar-refractivity contribution in [3.63, 3.8) is 0 Å². The number of benzene rings is 3. The zero-order valence-corrected chi connectivity index (χ0v) is 17.8. The van der Waals surface area contributed by atoms with E-state index >= 15 is 0 Å². The van der Waals surface area contributed by atoms with Gasteiger partial charge in [-0.2, -0.15) is 5.10 Å². The number of hydrazone groups is 1. The standard InChI is InChI=1S/C24H21FN4OS/c1-17-9-11-18(12-10-17)15-29-22-8-3-2-7-21(22)27-24(29)31-16-23(30)28-26-14-19-5-4-6-20(25)13-19/h2-14H,15-16H2,1H3,(H,28,30). The highest BCUT2D eigenvalue weighted by Gasteiger charge is 2.13. The molecule has 0 saturated heterocycles. The van der Waals surface area contributed by atoms with E-state index in [0.717, 1.165) is 16.2 Å². The third kappa shape index (κ3) is 5.38. The SMILES string of the molecule is Cc1ccc(Cn2c(SCC(=O)NN=Cc3cccc(F)c3)nc3ccccc32)cc1. The van der Waals surface area contributed by atoms with Crippen LogP contribution in [0.2, 0.25) is 0 Å². The van der Waals surface area contributed by atoms with Crippen LogP contribution in [0.1, 0.15) is 16.7 Å². The summed E-state index contributed by atoms with van der Waals surface area (Å²) in [6.45, 7) is 2.73. The molecule has 0 aliphatic rings. The first-order valence-electron chi connectivity index (χ1n) is 9.79. The third-order valence-electron chi connectivity index (χ3n) is 4.66. The van der Waals surface area contributed by atoms with Gasteiger partial charge in [-0.1, -0.05) is 65.9 Å². The second kappa shape index (κ2) is 9.57. The summed E-state index contributed by atoms with van der Waals surface area (Å²) >= 11 is 1.36. The van der Waals surface area contributed by atoms with Crippen LogP contribution in [0.15, 0.2) is 83.1 Å². The van der Waals surface area contributed by atoms with Crippen molar-refractivity contribution < 1.29 is 9.18 Å². The quantitative estimate of drug-likeness (QED) is 0.260. The van der Waals surface area contributed by atoms with E-state index in [1.54, 1.807) is 12.1 Å². The summed E-state index contributed by atoms with van der Waals surface area (Å²) in [6.07, 6.45) is 1.41. The van der Waals surface area contributed by atoms with E-state index in [0.29, 0.717) is 12.1 Å². The van der Waals surface area contributed by atoms with E-state index in [2.05, 4.69) is 46.3 Å². The minimum atomic E-state index is -0.349. The van der Waals surface area contributed by atoms with Crippen molar-refractivity contribution in [2.45, 2.75) is 18.6 Å². The summed E-state index contributed by atoms with van der Waals surface area (Å²) in [4.78, 5) is 16.9. The van der Waals surface area contributed by atoms with Crippen LogP contribution in [0.25, 0.3) is 11.0 Å². The van der Waals surface area contributed by atoms with Gasteiger partial charge in [0, 0.05) is 0 Å². The molecule has 156 valence electrons. The Morgan fingerprint density at radius 1 is 1.13 bits per heavy atom. The van der Waals surface area contributed by atoms with Crippen molar-refractivity contribution in [1.29, 1.82) is 0 Å². The van der Waals surface area contributed by atoms with Gasteiger partial charge < -0.3 is 4.57 Å². The van der Waals surface area contributed by atoms with Gasteiger partial charge in [-0.15, -0.1) is 0 Å². The molecule has 0 spiro atoms. The van der Waals surface area contributed by atoms with Crippen molar-refractivity contribution in [1.82, 2.24) is 15.0 Å². The number of carbonyl (C=O) groups is 1. The molecule has 31 heavy (non-hydrogen) atoms. The first-order valence-corrected chi connectivity index (χ1v) is 10.8. The lowest BCUT2D eigenvalue weighted by molar-refractivity contribution is -0.118. The lowest BCUT2D eigenvalue weighted by Gasteiger charge is -2.09. The van der Waals surface area contributed by atoms with E-state index in [1.807, 2.05) is 24.3 Å². The van der Waals surface area contributed by atoms with Crippen LogP contribution in [0, 0.1) is 12.7 Å².